The molecule has 0 spiro atoms. The molecule has 0 aliphatic heterocycles. The Hall–Kier alpha value is -3.22. The molecule has 0 aliphatic carbocycles. The van der Waals surface area contributed by atoms with Gasteiger partial charge in [0.2, 0.25) is 0 Å². The molecule has 0 aromatic heterocycles. The lowest BCUT2D eigenvalue weighted by atomic mass is 10.1. The summed E-state index contributed by atoms with van der Waals surface area (Å²) in [6, 6.07) is 8.23. The molecule has 2 rings (SSSR count). The van der Waals surface area contributed by atoms with Crippen LogP contribution in [0.15, 0.2) is 42.5 Å². The number of carbonyl (C=O) groups excluding carboxylic acids is 1. The van der Waals surface area contributed by atoms with Gasteiger partial charge in [-0.05, 0) is 42.5 Å². The fraction of sp³-hybridized carbons (Fsp3) is 0.176. The van der Waals surface area contributed by atoms with Crippen molar-refractivity contribution in [2.75, 3.05) is 11.9 Å². The van der Waals surface area contributed by atoms with Crippen LogP contribution in [0.2, 0.25) is 0 Å². The third kappa shape index (κ3) is 5.64. The standard InChI is InChI=1S/C17H10F6N2O2/c18-16(19,20)11-5-12(17(21,22)23)7-14(6-11)27-9-15(26)25-13-3-1-10(8-24)2-4-13/h1-7H,9H2,(H,25,26). The number of anilines is 1. The lowest BCUT2D eigenvalue weighted by molar-refractivity contribution is -0.143. The van der Waals surface area contributed by atoms with E-state index in [0.29, 0.717) is 17.7 Å². The molecule has 0 saturated carbocycles. The minimum absolute atomic E-state index is 0.0380. The van der Waals surface area contributed by atoms with Crippen molar-refractivity contribution in [1.29, 1.82) is 5.26 Å². The maximum atomic E-state index is 12.8. The molecule has 27 heavy (non-hydrogen) atoms. The van der Waals surface area contributed by atoms with Gasteiger partial charge in [-0.1, -0.05) is 0 Å². The van der Waals surface area contributed by atoms with Gasteiger partial charge in [-0.25, -0.2) is 0 Å². The SMILES string of the molecule is N#Cc1ccc(NC(=O)COc2cc(C(F)(F)F)cc(C(F)(F)F)c2)cc1. The van der Waals surface area contributed by atoms with Crippen LogP contribution in [-0.2, 0) is 17.1 Å². The number of halogens is 6. The van der Waals surface area contributed by atoms with Gasteiger partial charge in [-0.3, -0.25) is 4.79 Å². The molecule has 0 bridgehead atoms. The quantitative estimate of drug-likeness (QED) is 0.778. The predicted octanol–water partition coefficient (Wildman–Crippen LogP) is 4.61. The Labute approximate surface area is 149 Å². The lowest BCUT2D eigenvalue weighted by Gasteiger charge is -2.14. The summed E-state index contributed by atoms with van der Waals surface area (Å²) in [4.78, 5) is 11.8. The highest BCUT2D eigenvalue weighted by atomic mass is 19.4. The normalized spacial score (nSPS) is 11.6. The van der Waals surface area contributed by atoms with Crippen LogP contribution in [0.4, 0.5) is 32.0 Å². The number of nitrogens with zero attached hydrogens (tertiary/aromatic N) is 1. The van der Waals surface area contributed by atoms with Gasteiger partial charge in [-0.15, -0.1) is 0 Å². The summed E-state index contributed by atoms with van der Waals surface area (Å²) < 4.78 is 81.3. The minimum atomic E-state index is -5.01. The third-order valence-electron chi connectivity index (χ3n) is 3.23. The van der Waals surface area contributed by atoms with Gasteiger partial charge in [0.05, 0.1) is 22.8 Å². The molecule has 0 aliphatic rings. The second-order valence-corrected chi connectivity index (χ2v) is 5.27. The molecule has 142 valence electrons. The van der Waals surface area contributed by atoms with Crippen LogP contribution in [0.3, 0.4) is 0 Å². The summed E-state index contributed by atoms with van der Waals surface area (Å²) in [5, 5.41) is 11.0. The van der Waals surface area contributed by atoms with Gasteiger partial charge in [-0.2, -0.15) is 31.6 Å². The van der Waals surface area contributed by atoms with E-state index in [0.717, 1.165) is 0 Å². The van der Waals surface area contributed by atoms with Gasteiger partial charge >= 0.3 is 12.4 Å². The molecule has 0 unspecified atom stereocenters. The number of carbonyl (C=O) groups is 1. The molecular formula is C17H10F6N2O2. The second-order valence-electron chi connectivity index (χ2n) is 5.27. The molecule has 0 radical (unpaired) electrons. The Balaban J connectivity index is 2.11. The molecule has 2 aromatic carbocycles. The fourth-order valence-corrected chi connectivity index (χ4v) is 1.98. The summed E-state index contributed by atoms with van der Waals surface area (Å²) in [5.41, 5.74) is -2.46. The zero-order chi connectivity index (χ0) is 20.2. The van der Waals surface area contributed by atoms with E-state index in [1.807, 2.05) is 6.07 Å². The summed E-state index contributed by atoms with van der Waals surface area (Å²) in [6.45, 7) is -0.807. The zero-order valence-corrected chi connectivity index (χ0v) is 13.3. The molecule has 2 aromatic rings. The number of benzene rings is 2. The highest BCUT2D eigenvalue weighted by Gasteiger charge is 2.37. The number of ether oxygens (including phenoxy) is 1. The second kappa shape index (κ2) is 7.57. The van der Waals surface area contributed by atoms with E-state index in [1.54, 1.807) is 0 Å². The minimum Gasteiger partial charge on any atom is -0.484 e. The first-order valence-electron chi connectivity index (χ1n) is 7.21. The van der Waals surface area contributed by atoms with Crippen LogP contribution < -0.4 is 10.1 Å². The third-order valence-corrected chi connectivity index (χ3v) is 3.23. The Morgan fingerprint density at radius 1 is 0.963 bits per heavy atom. The molecule has 1 N–H and O–H groups in total. The number of amides is 1. The zero-order valence-electron chi connectivity index (χ0n) is 13.3. The van der Waals surface area contributed by atoms with Crippen LogP contribution in [-0.4, -0.2) is 12.5 Å². The lowest BCUT2D eigenvalue weighted by Crippen LogP contribution is -2.20. The van der Waals surface area contributed by atoms with E-state index in [2.05, 4.69) is 5.32 Å². The Kier molecular flexibility index (Phi) is 5.64. The van der Waals surface area contributed by atoms with Crippen LogP contribution in [0.5, 0.6) is 5.75 Å². The molecule has 1 amide bonds. The van der Waals surface area contributed by atoms with Crippen LogP contribution in [0, 0.1) is 11.3 Å². The van der Waals surface area contributed by atoms with E-state index in [9.17, 15) is 31.1 Å². The van der Waals surface area contributed by atoms with Crippen molar-refractivity contribution in [1.82, 2.24) is 0 Å². The smallest absolute Gasteiger partial charge is 0.416 e. The van der Waals surface area contributed by atoms with Gasteiger partial charge < -0.3 is 10.1 Å². The van der Waals surface area contributed by atoms with E-state index in [1.165, 1.54) is 24.3 Å². The van der Waals surface area contributed by atoms with Crippen molar-refractivity contribution < 1.29 is 35.9 Å². The predicted molar refractivity (Wildman–Crippen MR) is 81.7 cm³/mol. The first-order chi connectivity index (χ1) is 12.5. The summed E-state index contributed by atoms with van der Waals surface area (Å²) >= 11 is 0. The fourth-order valence-electron chi connectivity index (χ4n) is 1.98. The van der Waals surface area contributed by atoms with Crippen molar-refractivity contribution in [2.45, 2.75) is 12.4 Å². The number of nitriles is 1. The molecule has 0 saturated heterocycles. The van der Waals surface area contributed by atoms with Crippen molar-refractivity contribution >= 4 is 11.6 Å². The maximum absolute atomic E-state index is 12.8. The van der Waals surface area contributed by atoms with Crippen LogP contribution >= 0.6 is 0 Å². The Morgan fingerprint density at radius 2 is 1.48 bits per heavy atom. The summed E-state index contributed by atoms with van der Waals surface area (Å²) in [6.07, 6.45) is -10.0. The largest absolute Gasteiger partial charge is 0.484 e. The number of nitrogens with one attached hydrogen (secondary N) is 1. The molecule has 10 heteroatoms. The van der Waals surface area contributed by atoms with E-state index < -0.39 is 41.7 Å². The number of hydrogen-bond donors (Lipinski definition) is 1. The number of rotatable bonds is 4. The van der Waals surface area contributed by atoms with E-state index in [4.69, 9.17) is 10.00 Å². The number of alkyl halides is 6. The van der Waals surface area contributed by atoms with Crippen molar-refractivity contribution in [2.24, 2.45) is 0 Å². The molecule has 4 nitrogen and oxygen atoms in total. The molecule has 0 heterocycles. The molecular weight excluding hydrogens is 378 g/mol. The Bertz CT molecular complexity index is 835. The van der Waals surface area contributed by atoms with E-state index >= 15 is 0 Å². The average Bonchev–Trinajstić information content (AvgIpc) is 2.59. The highest BCUT2D eigenvalue weighted by Crippen LogP contribution is 2.38. The molecule has 0 atom stereocenters. The summed E-state index contributed by atoms with van der Waals surface area (Å²) in [7, 11) is 0. The van der Waals surface area contributed by atoms with Crippen LogP contribution in [0.25, 0.3) is 0 Å². The van der Waals surface area contributed by atoms with Crippen molar-refractivity contribution in [3.05, 3.63) is 59.2 Å². The van der Waals surface area contributed by atoms with Crippen LogP contribution in [0.1, 0.15) is 16.7 Å². The van der Waals surface area contributed by atoms with Gasteiger partial charge in [0.25, 0.3) is 5.91 Å². The highest BCUT2D eigenvalue weighted by molar-refractivity contribution is 5.91. The molecule has 0 fully saturated rings. The topological polar surface area (TPSA) is 62.1 Å². The Morgan fingerprint density at radius 3 is 1.93 bits per heavy atom. The first kappa shape index (κ1) is 20.1. The van der Waals surface area contributed by atoms with Gasteiger partial charge in [0.1, 0.15) is 5.75 Å². The maximum Gasteiger partial charge on any atom is 0.416 e. The number of hydrogen-bond acceptors (Lipinski definition) is 3. The monoisotopic (exact) mass is 388 g/mol. The van der Waals surface area contributed by atoms with Gasteiger partial charge in [0, 0.05) is 5.69 Å². The van der Waals surface area contributed by atoms with E-state index in [-0.39, 0.29) is 11.8 Å². The van der Waals surface area contributed by atoms with Crippen molar-refractivity contribution in [3.63, 3.8) is 0 Å². The summed E-state index contributed by atoms with van der Waals surface area (Å²) in [5.74, 6) is -1.54. The first-order valence-corrected chi connectivity index (χ1v) is 7.21. The van der Waals surface area contributed by atoms with Gasteiger partial charge in [0.15, 0.2) is 6.61 Å². The average molecular weight is 388 g/mol. The van der Waals surface area contributed by atoms with Crippen molar-refractivity contribution in [3.8, 4) is 11.8 Å².